The molecular weight excluding hydrogens is 296 g/mol. The maximum Gasteiger partial charge on any atom is 0.317 e. The highest BCUT2D eigenvalue weighted by atomic mass is 16.6. The lowest BCUT2D eigenvalue weighted by Crippen LogP contribution is -2.58. The van der Waals surface area contributed by atoms with Gasteiger partial charge >= 0.3 is 11.9 Å². The smallest absolute Gasteiger partial charge is 0.317 e. The zero-order valence-corrected chi connectivity index (χ0v) is 13.3. The van der Waals surface area contributed by atoms with Gasteiger partial charge < -0.3 is 14.2 Å². The minimum Gasteiger partial charge on any atom is -0.393 e. The average Bonchev–Trinajstić information content (AvgIpc) is 2.87. The molecule has 8 atom stereocenters. The van der Waals surface area contributed by atoms with Gasteiger partial charge in [-0.15, -0.1) is 0 Å². The van der Waals surface area contributed by atoms with Crippen molar-refractivity contribution in [2.24, 2.45) is 23.7 Å². The van der Waals surface area contributed by atoms with E-state index in [9.17, 15) is 9.59 Å². The van der Waals surface area contributed by atoms with Crippen LogP contribution in [0.3, 0.4) is 0 Å². The highest BCUT2D eigenvalue weighted by molar-refractivity contribution is 5.96. The van der Waals surface area contributed by atoms with Crippen LogP contribution in [0, 0.1) is 23.7 Å². The fourth-order valence-corrected chi connectivity index (χ4v) is 5.91. The van der Waals surface area contributed by atoms with Crippen LogP contribution in [-0.4, -0.2) is 36.4 Å². The Hall–Kier alpha value is -0.940. The van der Waals surface area contributed by atoms with Gasteiger partial charge in [0, 0.05) is 0 Å². The van der Waals surface area contributed by atoms with Crippen LogP contribution in [-0.2, 0) is 23.8 Å². The predicted octanol–water partition coefficient (Wildman–Crippen LogP) is 2.22. The molecule has 3 saturated carbocycles. The van der Waals surface area contributed by atoms with Crippen molar-refractivity contribution in [1.29, 1.82) is 0 Å². The summed E-state index contributed by atoms with van der Waals surface area (Å²) < 4.78 is 17.8. The van der Waals surface area contributed by atoms with Gasteiger partial charge in [-0.05, 0) is 50.4 Å². The molecule has 2 aliphatic heterocycles. The molecule has 5 aliphatic rings. The van der Waals surface area contributed by atoms with E-state index in [-0.39, 0.29) is 54.1 Å². The Morgan fingerprint density at radius 3 is 2.26 bits per heavy atom. The Morgan fingerprint density at radius 2 is 1.43 bits per heavy atom. The van der Waals surface area contributed by atoms with Crippen LogP contribution >= 0.6 is 0 Å². The van der Waals surface area contributed by atoms with Gasteiger partial charge in [-0.2, -0.15) is 0 Å². The number of fused-ring (bicyclic) bond motifs is 6. The molecule has 0 amide bonds. The van der Waals surface area contributed by atoms with Gasteiger partial charge in [0.15, 0.2) is 0 Å². The van der Waals surface area contributed by atoms with Gasteiger partial charge in [-0.1, -0.05) is 12.8 Å². The van der Waals surface area contributed by atoms with Crippen LogP contribution in [0.15, 0.2) is 0 Å². The molecule has 2 saturated heterocycles. The van der Waals surface area contributed by atoms with Crippen molar-refractivity contribution in [2.45, 2.75) is 75.8 Å². The lowest BCUT2D eigenvalue weighted by atomic mass is 9.60. The molecule has 0 N–H and O–H groups in total. The van der Waals surface area contributed by atoms with Crippen molar-refractivity contribution in [2.75, 3.05) is 0 Å². The molecule has 5 rings (SSSR count). The lowest BCUT2D eigenvalue weighted by Gasteiger charge is -2.53. The topological polar surface area (TPSA) is 61.8 Å². The number of hydrogen-bond donors (Lipinski definition) is 0. The normalized spacial score (nSPS) is 52.0. The van der Waals surface area contributed by atoms with Crippen LogP contribution < -0.4 is 0 Å². The van der Waals surface area contributed by atoms with Gasteiger partial charge in [0.25, 0.3) is 0 Å². The van der Waals surface area contributed by atoms with Crippen LogP contribution in [0.25, 0.3) is 0 Å². The average molecular weight is 320 g/mol. The molecule has 5 fully saturated rings. The van der Waals surface area contributed by atoms with Gasteiger partial charge in [0.2, 0.25) is 0 Å². The number of cyclic esters (lactones) is 2. The molecule has 0 aromatic carbocycles. The lowest BCUT2D eigenvalue weighted by molar-refractivity contribution is -0.265. The molecular formula is C18H24O5. The molecule has 8 unspecified atom stereocenters. The van der Waals surface area contributed by atoms with Crippen LogP contribution in [0.1, 0.15) is 51.4 Å². The highest BCUT2D eigenvalue weighted by Gasteiger charge is 2.58. The molecule has 0 spiro atoms. The first-order chi connectivity index (χ1) is 11.2. The van der Waals surface area contributed by atoms with Gasteiger partial charge in [-0.25, -0.2) is 0 Å². The number of carbonyl (C=O) groups excluding carboxylic acids is 2. The van der Waals surface area contributed by atoms with Crippen LogP contribution in [0.4, 0.5) is 0 Å². The number of rotatable bonds is 0. The van der Waals surface area contributed by atoms with E-state index < -0.39 is 0 Å². The van der Waals surface area contributed by atoms with E-state index in [4.69, 9.17) is 14.2 Å². The van der Waals surface area contributed by atoms with Gasteiger partial charge in [0.05, 0.1) is 36.3 Å². The van der Waals surface area contributed by atoms with Gasteiger partial charge in [0.1, 0.15) is 0 Å². The fourth-order valence-electron chi connectivity index (χ4n) is 5.91. The molecule has 5 heteroatoms. The summed E-state index contributed by atoms with van der Waals surface area (Å²) in [6, 6.07) is 0. The molecule has 2 heterocycles. The first-order valence-electron chi connectivity index (χ1n) is 9.29. The largest absolute Gasteiger partial charge is 0.393 e. The molecule has 126 valence electrons. The summed E-state index contributed by atoms with van der Waals surface area (Å²) in [6.07, 6.45) is 9.09. The number of ether oxygens (including phenoxy) is 3. The minimum absolute atomic E-state index is 0.109. The fraction of sp³-hybridized carbons (Fsp3) is 0.889. The Kier molecular flexibility index (Phi) is 3.31. The summed E-state index contributed by atoms with van der Waals surface area (Å²) in [7, 11) is 0. The summed E-state index contributed by atoms with van der Waals surface area (Å²) in [5, 5.41) is 0. The van der Waals surface area contributed by atoms with Crippen molar-refractivity contribution in [3.05, 3.63) is 0 Å². The number of carbonyl (C=O) groups is 2. The van der Waals surface area contributed by atoms with Crippen LogP contribution in [0.5, 0.6) is 0 Å². The van der Waals surface area contributed by atoms with E-state index in [0.29, 0.717) is 5.92 Å². The second-order valence-corrected chi connectivity index (χ2v) is 7.99. The Bertz CT molecular complexity index is 532. The molecule has 3 aliphatic carbocycles. The molecule has 0 bridgehead atoms. The standard InChI is InChI=1S/C18H24O5/c19-17-11-6-5-10-9(15(11)18(20)23-17)7-8-14-16(10)22-13-4-2-1-3-12(13)21-14/h9-16H,1-8H2. The Morgan fingerprint density at radius 1 is 0.696 bits per heavy atom. The van der Waals surface area contributed by atoms with E-state index in [0.717, 1.165) is 38.5 Å². The zero-order valence-electron chi connectivity index (χ0n) is 13.3. The van der Waals surface area contributed by atoms with Crippen molar-refractivity contribution in [3.63, 3.8) is 0 Å². The van der Waals surface area contributed by atoms with Gasteiger partial charge in [-0.3, -0.25) is 9.59 Å². The zero-order chi connectivity index (χ0) is 15.6. The van der Waals surface area contributed by atoms with E-state index in [1.165, 1.54) is 12.8 Å². The SMILES string of the molecule is O=C1OC(=O)C2C1CCC1C2CCC2OC3CCCCC3OC21. The Balaban J connectivity index is 1.39. The van der Waals surface area contributed by atoms with Crippen molar-refractivity contribution >= 4 is 11.9 Å². The summed E-state index contributed by atoms with van der Waals surface area (Å²) in [4.78, 5) is 24.0. The quantitative estimate of drug-likeness (QED) is 0.506. The summed E-state index contributed by atoms with van der Waals surface area (Å²) >= 11 is 0. The molecule has 0 radical (unpaired) electrons. The third-order valence-corrected chi connectivity index (χ3v) is 6.93. The molecule has 23 heavy (non-hydrogen) atoms. The number of hydrogen-bond acceptors (Lipinski definition) is 5. The predicted molar refractivity (Wildman–Crippen MR) is 79.3 cm³/mol. The second-order valence-electron chi connectivity index (χ2n) is 7.99. The van der Waals surface area contributed by atoms with Crippen molar-refractivity contribution in [1.82, 2.24) is 0 Å². The first kappa shape index (κ1) is 14.4. The number of esters is 2. The summed E-state index contributed by atoms with van der Waals surface area (Å²) in [5.41, 5.74) is 0. The van der Waals surface area contributed by atoms with E-state index in [2.05, 4.69) is 0 Å². The first-order valence-corrected chi connectivity index (χ1v) is 9.29. The molecule has 5 nitrogen and oxygen atoms in total. The molecule has 0 aromatic rings. The third kappa shape index (κ3) is 2.12. The summed E-state index contributed by atoms with van der Waals surface area (Å²) in [5.74, 6) is -0.440. The maximum atomic E-state index is 12.1. The monoisotopic (exact) mass is 320 g/mol. The van der Waals surface area contributed by atoms with Crippen molar-refractivity contribution in [3.8, 4) is 0 Å². The Labute approximate surface area is 136 Å². The van der Waals surface area contributed by atoms with E-state index in [1.807, 2.05) is 0 Å². The third-order valence-electron chi connectivity index (χ3n) is 6.93. The maximum absolute atomic E-state index is 12.1. The van der Waals surface area contributed by atoms with E-state index in [1.54, 1.807) is 0 Å². The van der Waals surface area contributed by atoms with Crippen molar-refractivity contribution < 1.29 is 23.8 Å². The van der Waals surface area contributed by atoms with Crippen LogP contribution in [0.2, 0.25) is 0 Å². The molecule has 0 aromatic heterocycles. The van der Waals surface area contributed by atoms with E-state index >= 15 is 0 Å². The highest BCUT2D eigenvalue weighted by Crippen LogP contribution is 2.52. The minimum atomic E-state index is -0.297. The summed E-state index contributed by atoms with van der Waals surface area (Å²) in [6.45, 7) is 0. The second kappa shape index (κ2) is 5.28.